The summed E-state index contributed by atoms with van der Waals surface area (Å²) >= 11 is 4.76. The summed E-state index contributed by atoms with van der Waals surface area (Å²) in [5, 5.41) is 8.87. The van der Waals surface area contributed by atoms with Crippen LogP contribution in [0.2, 0.25) is 0 Å². The lowest BCUT2D eigenvalue weighted by Gasteiger charge is -2.07. The molecule has 2 N–H and O–H groups in total. The molecule has 17 heavy (non-hydrogen) atoms. The van der Waals surface area contributed by atoms with E-state index < -0.39 is 0 Å². The molecular formula is C12H12N2O2S. The third kappa shape index (κ3) is 3.20. The Bertz CT molecular complexity index is 504. The number of nitrogens with two attached hydrogens (primary N) is 1. The molecule has 0 amide bonds. The van der Waals surface area contributed by atoms with Crippen LogP contribution in [-0.4, -0.2) is 19.2 Å². The molecule has 0 saturated carbocycles. The van der Waals surface area contributed by atoms with Crippen LogP contribution < -0.4 is 15.2 Å². The van der Waals surface area contributed by atoms with Crippen LogP contribution in [0.15, 0.2) is 23.8 Å². The SMILES string of the molecule is COc1ccc(/C=C(\C#N)C(N)=S)c(OC)c1. The van der Waals surface area contributed by atoms with Gasteiger partial charge in [0.25, 0.3) is 0 Å². The zero-order chi connectivity index (χ0) is 12.8. The lowest BCUT2D eigenvalue weighted by molar-refractivity contribution is 0.394. The van der Waals surface area contributed by atoms with Gasteiger partial charge in [0.1, 0.15) is 22.6 Å². The van der Waals surface area contributed by atoms with Crippen molar-refractivity contribution in [2.45, 2.75) is 0 Å². The zero-order valence-electron chi connectivity index (χ0n) is 9.56. The van der Waals surface area contributed by atoms with Gasteiger partial charge in [-0.1, -0.05) is 12.2 Å². The van der Waals surface area contributed by atoms with Crippen molar-refractivity contribution in [3.05, 3.63) is 29.3 Å². The van der Waals surface area contributed by atoms with Gasteiger partial charge >= 0.3 is 0 Å². The second-order valence-electron chi connectivity index (χ2n) is 3.14. The molecule has 0 spiro atoms. The van der Waals surface area contributed by atoms with Crippen LogP contribution in [-0.2, 0) is 0 Å². The van der Waals surface area contributed by atoms with Crippen molar-refractivity contribution in [1.82, 2.24) is 0 Å². The van der Waals surface area contributed by atoms with Gasteiger partial charge in [-0.05, 0) is 18.2 Å². The van der Waals surface area contributed by atoms with E-state index in [1.54, 1.807) is 38.5 Å². The van der Waals surface area contributed by atoms with Crippen molar-refractivity contribution in [2.75, 3.05) is 14.2 Å². The van der Waals surface area contributed by atoms with Crippen LogP contribution >= 0.6 is 12.2 Å². The fourth-order valence-electron chi connectivity index (χ4n) is 1.25. The molecule has 1 aromatic carbocycles. The van der Waals surface area contributed by atoms with Crippen LogP contribution in [0, 0.1) is 11.3 Å². The highest BCUT2D eigenvalue weighted by Gasteiger charge is 2.05. The van der Waals surface area contributed by atoms with Crippen LogP contribution in [0.4, 0.5) is 0 Å². The van der Waals surface area contributed by atoms with E-state index in [9.17, 15) is 0 Å². The molecule has 4 nitrogen and oxygen atoms in total. The summed E-state index contributed by atoms with van der Waals surface area (Å²) in [5.41, 5.74) is 6.38. The molecule has 5 heteroatoms. The fourth-order valence-corrected chi connectivity index (χ4v) is 1.36. The molecule has 0 aromatic heterocycles. The molecule has 0 atom stereocenters. The minimum Gasteiger partial charge on any atom is -0.497 e. The van der Waals surface area contributed by atoms with Crippen molar-refractivity contribution in [2.24, 2.45) is 5.73 Å². The lowest BCUT2D eigenvalue weighted by Crippen LogP contribution is -2.09. The number of nitrogens with zero attached hydrogens (tertiary/aromatic N) is 1. The van der Waals surface area contributed by atoms with Crippen molar-refractivity contribution >= 4 is 23.3 Å². The highest BCUT2D eigenvalue weighted by Crippen LogP contribution is 2.26. The first-order valence-electron chi connectivity index (χ1n) is 4.76. The average molecular weight is 248 g/mol. The predicted octanol–water partition coefficient (Wildman–Crippen LogP) is 1.90. The van der Waals surface area contributed by atoms with E-state index >= 15 is 0 Å². The van der Waals surface area contributed by atoms with Crippen molar-refractivity contribution < 1.29 is 9.47 Å². The molecule has 0 aliphatic heterocycles. The van der Waals surface area contributed by atoms with E-state index in [4.69, 9.17) is 32.7 Å². The standard InChI is InChI=1S/C12H12N2O2S/c1-15-10-4-3-8(11(6-10)16-2)5-9(7-13)12(14)17/h3-6H,1-2H3,(H2,14,17)/b9-5+. The molecule has 0 aliphatic carbocycles. The molecule has 0 heterocycles. The second-order valence-corrected chi connectivity index (χ2v) is 3.58. The smallest absolute Gasteiger partial charge is 0.129 e. The molecule has 0 fully saturated rings. The van der Waals surface area contributed by atoms with Crippen molar-refractivity contribution in [3.63, 3.8) is 0 Å². The minimum atomic E-state index is 0.0605. The molecule has 1 rings (SSSR count). The monoisotopic (exact) mass is 248 g/mol. The first-order chi connectivity index (χ1) is 8.12. The molecule has 1 aromatic rings. The Morgan fingerprint density at radius 1 is 1.41 bits per heavy atom. The van der Waals surface area contributed by atoms with E-state index in [0.717, 1.165) is 5.56 Å². The Hall–Kier alpha value is -2.06. The Morgan fingerprint density at radius 3 is 2.59 bits per heavy atom. The zero-order valence-corrected chi connectivity index (χ0v) is 10.4. The molecule has 0 bridgehead atoms. The Balaban J connectivity index is 3.23. The molecule has 0 radical (unpaired) electrons. The quantitative estimate of drug-likeness (QED) is 0.500. The normalized spacial score (nSPS) is 10.5. The second kappa shape index (κ2) is 5.87. The van der Waals surface area contributed by atoms with Gasteiger partial charge in [-0.3, -0.25) is 0 Å². The first kappa shape index (κ1) is 13.0. The van der Waals surface area contributed by atoms with Crippen molar-refractivity contribution in [1.29, 1.82) is 5.26 Å². The highest BCUT2D eigenvalue weighted by atomic mass is 32.1. The molecule has 0 unspecified atom stereocenters. The van der Waals surface area contributed by atoms with Gasteiger partial charge in [-0.25, -0.2) is 0 Å². The average Bonchev–Trinajstić information content (AvgIpc) is 2.35. The maximum atomic E-state index is 8.87. The van der Waals surface area contributed by atoms with Gasteiger partial charge < -0.3 is 15.2 Å². The van der Waals surface area contributed by atoms with Crippen LogP contribution in [0.1, 0.15) is 5.56 Å². The van der Waals surface area contributed by atoms with Gasteiger partial charge in [0, 0.05) is 11.6 Å². The van der Waals surface area contributed by atoms with E-state index in [0.29, 0.717) is 11.5 Å². The number of benzene rings is 1. The number of methoxy groups -OCH3 is 2. The highest BCUT2D eigenvalue weighted by molar-refractivity contribution is 7.80. The summed E-state index contributed by atoms with van der Waals surface area (Å²) < 4.78 is 10.3. The van der Waals surface area contributed by atoms with Gasteiger partial charge in [-0.2, -0.15) is 5.26 Å². The van der Waals surface area contributed by atoms with Gasteiger partial charge in [0.2, 0.25) is 0 Å². The van der Waals surface area contributed by atoms with E-state index in [1.165, 1.54) is 0 Å². The minimum absolute atomic E-state index is 0.0605. The Labute approximate surface area is 105 Å². The summed E-state index contributed by atoms with van der Waals surface area (Å²) in [5.74, 6) is 1.26. The third-order valence-electron chi connectivity index (χ3n) is 2.13. The lowest BCUT2D eigenvalue weighted by atomic mass is 10.1. The maximum absolute atomic E-state index is 8.87. The number of ether oxygens (including phenoxy) is 2. The third-order valence-corrected chi connectivity index (χ3v) is 2.35. The number of hydrogen-bond acceptors (Lipinski definition) is 4. The largest absolute Gasteiger partial charge is 0.497 e. The topological polar surface area (TPSA) is 68.3 Å². The molecule has 88 valence electrons. The number of thiocarbonyl (C=S) groups is 1. The summed E-state index contributed by atoms with van der Waals surface area (Å²) in [6.07, 6.45) is 1.58. The molecular weight excluding hydrogens is 236 g/mol. The van der Waals surface area contributed by atoms with Crippen LogP contribution in [0.3, 0.4) is 0 Å². The Kier molecular flexibility index (Phi) is 4.49. The molecule has 0 saturated heterocycles. The molecule has 0 aliphatic rings. The van der Waals surface area contributed by atoms with Crippen LogP contribution in [0.25, 0.3) is 6.08 Å². The van der Waals surface area contributed by atoms with Crippen LogP contribution in [0.5, 0.6) is 11.5 Å². The van der Waals surface area contributed by atoms with Gasteiger partial charge in [0.05, 0.1) is 19.8 Å². The van der Waals surface area contributed by atoms with Crippen molar-refractivity contribution in [3.8, 4) is 17.6 Å². The predicted molar refractivity (Wildman–Crippen MR) is 69.9 cm³/mol. The first-order valence-corrected chi connectivity index (χ1v) is 5.16. The van der Waals surface area contributed by atoms with Gasteiger partial charge in [-0.15, -0.1) is 0 Å². The van der Waals surface area contributed by atoms with E-state index in [1.807, 2.05) is 6.07 Å². The van der Waals surface area contributed by atoms with E-state index in [2.05, 4.69) is 0 Å². The summed E-state index contributed by atoms with van der Waals surface area (Å²) in [4.78, 5) is 0.0605. The summed E-state index contributed by atoms with van der Waals surface area (Å²) in [7, 11) is 3.11. The van der Waals surface area contributed by atoms with E-state index in [-0.39, 0.29) is 10.6 Å². The Morgan fingerprint density at radius 2 is 2.12 bits per heavy atom. The summed E-state index contributed by atoms with van der Waals surface area (Å²) in [6.45, 7) is 0. The summed E-state index contributed by atoms with van der Waals surface area (Å²) in [6, 6.07) is 7.20. The maximum Gasteiger partial charge on any atom is 0.129 e. The number of nitriles is 1. The number of hydrogen-bond donors (Lipinski definition) is 1. The number of rotatable bonds is 4. The van der Waals surface area contributed by atoms with Gasteiger partial charge in [0.15, 0.2) is 0 Å². The fraction of sp³-hybridized carbons (Fsp3) is 0.167.